The molecule has 9 heteroatoms. The van der Waals surface area contributed by atoms with Gasteiger partial charge in [0.25, 0.3) is 6.29 Å². The summed E-state index contributed by atoms with van der Waals surface area (Å²) in [6.45, 7) is 4.81. The first-order valence-corrected chi connectivity index (χ1v) is 41.8. The summed E-state index contributed by atoms with van der Waals surface area (Å²) >= 11 is 0. The van der Waals surface area contributed by atoms with Gasteiger partial charge in [-0.25, -0.2) is 4.79 Å². The van der Waals surface area contributed by atoms with Crippen molar-refractivity contribution in [3.05, 3.63) is 85.1 Å². The Morgan fingerprint density at radius 1 is 0.320 bits per heavy atom. The van der Waals surface area contributed by atoms with E-state index < -0.39 is 18.4 Å². The highest BCUT2D eigenvalue weighted by molar-refractivity contribution is 5.71. The van der Waals surface area contributed by atoms with Crippen LogP contribution in [-0.2, 0) is 33.3 Å². The zero-order chi connectivity index (χ0) is 70.4. The molecule has 0 aromatic rings. The van der Waals surface area contributed by atoms with Gasteiger partial charge in [-0.05, 0) is 89.9 Å². The van der Waals surface area contributed by atoms with Gasteiger partial charge >= 0.3 is 17.9 Å². The van der Waals surface area contributed by atoms with E-state index in [2.05, 4.69) is 98.9 Å². The second kappa shape index (κ2) is 78.2. The van der Waals surface area contributed by atoms with E-state index in [1.807, 2.05) is 21.1 Å². The molecular weight excluding hydrogens is 1200 g/mol. The number of likely N-dealkylation sites (N-methyl/N-ethyl adjacent to an activating group) is 1. The van der Waals surface area contributed by atoms with Crippen LogP contribution in [0.1, 0.15) is 399 Å². The predicted octanol–water partition coefficient (Wildman–Crippen LogP) is 26.9. The second-order valence-corrected chi connectivity index (χ2v) is 29.4. The number of carboxylic acids is 1. The van der Waals surface area contributed by atoms with Crippen LogP contribution < -0.4 is 0 Å². The number of ether oxygens (including phenoxy) is 4. The maximum atomic E-state index is 13.0. The summed E-state index contributed by atoms with van der Waals surface area (Å²) in [4.78, 5) is 37.8. The van der Waals surface area contributed by atoms with E-state index in [0.717, 1.165) is 77.0 Å². The van der Waals surface area contributed by atoms with E-state index in [-0.39, 0.29) is 38.2 Å². The molecule has 97 heavy (non-hydrogen) atoms. The van der Waals surface area contributed by atoms with Crippen molar-refractivity contribution in [1.82, 2.24) is 0 Å². The van der Waals surface area contributed by atoms with Gasteiger partial charge in [-0.1, -0.05) is 381 Å². The third-order valence-corrected chi connectivity index (χ3v) is 18.6. The number of carbonyl (C=O) groups excluding carboxylic acids is 2. The van der Waals surface area contributed by atoms with Crippen molar-refractivity contribution in [2.24, 2.45) is 0 Å². The summed E-state index contributed by atoms with van der Waals surface area (Å²) < 4.78 is 23.1. The lowest BCUT2D eigenvalue weighted by Crippen LogP contribution is -2.40. The van der Waals surface area contributed by atoms with Gasteiger partial charge in [-0.15, -0.1) is 0 Å². The molecule has 564 valence electrons. The van der Waals surface area contributed by atoms with Gasteiger partial charge in [0.1, 0.15) is 13.2 Å². The fourth-order valence-electron chi connectivity index (χ4n) is 12.3. The van der Waals surface area contributed by atoms with Crippen molar-refractivity contribution >= 4 is 17.9 Å². The molecule has 0 aliphatic rings. The Balaban J connectivity index is 3.96. The van der Waals surface area contributed by atoms with Crippen LogP contribution in [0.3, 0.4) is 0 Å². The molecule has 0 aliphatic heterocycles. The molecule has 0 saturated heterocycles. The van der Waals surface area contributed by atoms with Gasteiger partial charge < -0.3 is 28.5 Å². The van der Waals surface area contributed by atoms with Crippen LogP contribution in [0.15, 0.2) is 85.1 Å². The fourth-order valence-corrected chi connectivity index (χ4v) is 12.3. The first-order valence-electron chi connectivity index (χ1n) is 41.8. The van der Waals surface area contributed by atoms with Gasteiger partial charge in [0.05, 0.1) is 34.4 Å². The van der Waals surface area contributed by atoms with Crippen molar-refractivity contribution < 1.29 is 42.9 Å². The normalized spacial score (nSPS) is 13.0. The molecule has 0 aliphatic carbocycles. The van der Waals surface area contributed by atoms with Crippen LogP contribution in [0.5, 0.6) is 0 Å². The summed E-state index contributed by atoms with van der Waals surface area (Å²) in [5.41, 5.74) is 0. The van der Waals surface area contributed by atoms with Gasteiger partial charge in [-0.3, -0.25) is 9.59 Å². The van der Waals surface area contributed by atoms with Crippen molar-refractivity contribution in [2.45, 2.75) is 411 Å². The van der Waals surface area contributed by atoms with Gasteiger partial charge in [-0.2, -0.15) is 0 Å². The third-order valence-electron chi connectivity index (χ3n) is 18.6. The number of carboxylic acid groups (broad SMARTS) is 1. The molecule has 0 saturated carbocycles. The van der Waals surface area contributed by atoms with Crippen molar-refractivity contribution in [3.63, 3.8) is 0 Å². The summed E-state index contributed by atoms with van der Waals surface area (Å²) in [5.74, 6) is -1.98. The molecule has 0 amide bonds. The van der Waals surface area contributed by atoms with E-state index >= 15 is 0 Å². The van der Waals surface area contributed by atoms with Crippen LogP contribution in [0.2, 0.25) is 0 Å². The lowest BCUT2D eigenvalue weighted by Gasteiger charge is -2.25. The van der Waals surface area contributed by atoms with E-state index in [1.54, 1.807) is 0 Å². The molecule has 0 aromatic heterocycles. The zero-order valence-electron chi connectivity index (χ0n) is 64.7. The van der Waals surface area contributed by atoms with Crippen LogP contribution in [0.25, 0.3) is 0 Å². The number of nitrogens with zero attached hydrogens (tertiary/aromatic N) is 1. The molecule has 2 unspecified atom stereocenters. The fraction of sp³-hybridized carbons (Fsp3) is 0.807. The number of aliphatic carboxylic acids is 1. The summed E-state index contributed by atoms with van der Waals surface area (Å²) in [7, 11) is 6.00. The molecule has 1 N–H and O–H groups in total. The highest BCUT2D eigenvalue weighted by atomic mass is 16.7. The van der Waals surface area contributed by atoms with Crippen LogP contribution in [-0.4, -0.2) is 87.4 Å². The minimum Gasteiger partial charge on any atom is -0.477 e. The number of hydrogen-bond donors (Lipinski definition) is 1. The van der Waals surface area contributed by atoms with Crippen molar-refractivity contribution in [2.75, 3.05) is 47.5 Å². The Morgan fingerprint density at radius 3 is 0.876 bits per heavy atom. The van der Waals surface area contributed by atoms with Crippen LogP contribution in [0, 0.1) is 0 Å². The second-order valence-electron chi connectivity index (χ2n) is 29.4. The number of carbonyl (C=O) groups is 3. The molecule has 2 atom stereocenters. The summed E-state index contributed by atoms with van der Waals surface area (Å²) in [5, 5.41) is 9.78. The zero-order valence-corrected chi connectivity index (χ0v) is 64.7. The molecule has 9 nitrogen and oxygen atoms in total. The average Bonchev–Trinajstić information content (AvgIpc) is 3.74. The Bertz CT molecular complexity index is 1870. The third kappa shape index (κ3) is 79.7. The molecule has 0 heterocycles. The number of allylic oxidation sites excluding steroid dienone is 14. The Hall–Kier alpha value is -3.53. The first kappa shape index (κ1) is 93.5. The topological polar surface area (TPSA) is 108 Å². The largest absolute Gasteiger partial charge is 0.477 e. The number of hydrogen-bond acceptors (Lipinski definition) is 7. The molecule has 0 spiro atoms. The van der Waals surface area contributed by atoms with Crippen LogP contribution >= 0.6 is 0 Å². The highest BCUT2D eigenvalue weighted by Crippen LogP contribution is 2.20. The standard InChI is InChI=1S/C88H159NO8/c1-6-8-10-12-14-16-18-20-22-24-26-28-30-32-34-36-38-40-42-43-45-46-48-50-52-54-56-58-60-62-64-66-68-70-72-74-76-78-85(90)95-82-84(83-96-88(87(92)93)94-81-80-89(3,4)5)97-86(91)79-77-75-73-71-69-67-65-63-61-59-57-55-53-51-49-47-44-41-39-37-35-33-31-29-27-25-23-21-19-17-15-13-11-9-7-2/h9,11,15,17-18,20-21,23-24,26-27,29,33,35,84,88H,6-8,10,12-14,16,19,22,25,28,30-32,34,36-83H2,1-5H3/p+1/b11-9-,17-15-,20-18-,23-21-,26-24-,29-27-,35-33-. The summed E-state index contributed by atoms with van der Waals surface area (Å²) in [6.07, 6.45) is 105. The molecule has 0 bridgehead atoms. The highest BCUT2D eigenvalue weighted by Gasteiger charge is 2.25. The van der Waals surface area contributed by atoms with Gasteiger partial charge in [0.2, 0.25) is 0 Å². The van der Waals surface area contributed by atoms with Crippen molar-refractivity contribution in [1.29, 1.82) is 0 Å². The maximum Gasteiger partial charge on any atom is 0.361 e. The number of esters is 2. The molecule has 0 fully saturated rings. The average molecular weight is 1360 g/mol. The molecule has 0 radical (unpaired) electrons. The maximum absolute atomic E-state index is 13.0. The molecule has 0 aromatic carbocycles. The number of unbranched alkanes of at least 4 members (excludes halogenated alkanes) is 49. The molecular formula is C88H160NO8+. The Kier molecular flexibility index (Phi) is 75.3. The van der Waals surface area contributed by atoms with E-state index in [9.17, 15) is 19.5 Å². The van der Waals surface area contributed by atoms with Crippen molar-refractivity contribution in [3.8, 4) is 0 Å². The Morgan fingerprint density at radius 2 is 0.588 bits per heavy atom. The first-order chi connectivity index (χ1) is 47.6. The van der Waals surface area contributed by atoms with E-state index in [1.165, 1.54) is 295 Å². The van der Waals surface area contributed by atoms with E-state index in [0.29, 0.717) is 17.4 Å². The molecule has 0 rings (SSSR count). The monoisotopic (exact) mass is 1360 g/mol. The minimum atomic E-state index is -1.51. The smallest absolute Gasteiger partial charge is 0.361 e. The quantitative estimate of drug-likeness (QED) is 0.0211. The SMILES string of the molecule is CC/C=C\C/C=C\C/C=C\C/C=C\C/C=C\CCCCCCCCCCCCCCCCCCCCCC(=O)OC(COC(=O)CCCCCCCCCCCCCCCCCCCCCCCCCCC/C=C\C/C=C\CCCCCCC)COC(OCC[N+](C)(C)C)C(=O)O. The van der Waals surface area contributed by atoms with Gasteiger partial charge in [0, 0.05) is 12.8 Å². The Labute approximate surface area is 601 Å². The van der Waals surface area contributed by atoms with Gasteiger partial charge in [0.15, 0.2) is 6.10 Å². The van der Waals surface area contributed by atoms with Crippen LogP contribution in [0.4, 0.5) is 0 Å². The predicted molar refractivity (Wildman–Crippen MR) is 419 cm³/mol. The minimum absolute atomic E-state index is 0.178. The number of rotatable bonds is 78. The lowest BCUT2D eigenvalue weighted by atomic mass is 10.0. The summed E-state index contributed by atoms with van der Waals surface area (Å²) in [6, 6.07) is 0. The van der Waals surface area contributed by atoms with E-state index in [4.69, 9.17) is 18.9 Å². The number of quaternary nitrogens is 1. The lowest BCUT2D eigenvalue weighted by molar-refractivity contribution is -0.870.